The molecule has 0 radical (unpaired) electrons. The summed E-state index contributed by atoms with van der Waals surface area (Å²) in [4.78, 5) is 0. The van der Waals surface area contributed by atoms with E-state index in [1.54, 1.807) is 19.1 Å². The highest BCUT2D eigenvalue weighted by Gasteiger charge is 2.17. The Kier molecular flexibility index (Phi) is 5.48. The molecule has 112 valence electrons. The fraction of sp³-hybridized carbons (Fsp3) is 0.294. The first-order valence-electron chi connectivity index (χ1n) is 6.97. The molecule has 1 nitrogen and oxygen atoms in total. The summed E-state index contributed by atoms with van der Waals surface area (Å²) < 4.78 is 27.5. The molecule has 2 aromatic rings. The molecule has 21 heavy (non-hydrogen) atoms. The van der Waals surface area contributed by atoms with Gasteiger partial charge in [-0.25, -0.2) is 8.78 Å². The summed E-state index contributed by atoms with van der Waals surface area (Å²) >= 11 is 3.42. The second kappa shape index (κ2) is 7.14. The van der Waals surface area contributed by atoms with Crippen LogP contribution in [-0.2, 0) is 0 Å². The Labute approximate surface area is 132 Å². The van der Waals surface area contributed by atoms with Crippen molar-refractivity contribution in [2.24, 2.45) is 0 Å². The fourth-order valence-electron chi connectivity index (χ4n) is 2.28. The maximum Gasteiger partial charge on any atom is 0.126 e. The molecular formula is C17H18BrF2N. The summed E-state index contributed by atoms with van der Waals surface area (Å²) in [5.41, 5.74) is 2.51. The van der Waals surface area contributed by atoms with E-state index in [-0.39, 0.29) is 17.7 Å². The molecule has 0 saturated heterocycles. The van der Waals surface area contributed by atoms with Gasteiger partial charge < -0.3 is 5.32 Å². The van der Waals surface area contributed by atoms with Crippen molar-refractivity contribution in [3.05, 3.63) is 69.2 Å². The third kappa shape index (κ3) is 3.89. The molecule has 1 unspecified atom stereocenters. The van der Waals surface area contributed by atoms with Gasteiger partial charge in [-0.2, -0.15) is 0 Å². The van der Waals surface area contributed by atoms with Gasteiger partial charge in [0.05, 0.1) is 6.04 Å². The van der Waals surface area contributed by atoms with Gasteiger partial charge >= 0.3 is 0 Å². The number of nitrogens with one attached hydrogen (secondary N) is 1. The van der Waals surface area contributed by atoms with Crippen molar-refractivity contribution < 1.29 is 8.78 Å². The lowest BCUT2D eigenvalue weighted by Gasteiger charge is -2.21. The maximum absolute atomic E-state index is 13.5. The van der Waals surface area contributed by atoms with Crippen molar-refractivity contribution in [2.45, 2.75) is 26.3 Å². The first-order chi connectivity index (χ1) is 10.0. The van der Waals surface area contributed by atoms with E-state index in [1.807, 2.05) is 6.07 Å². The van der Waals surface area contributed by atoms with Gasteiger partial charge in [-0.15, -0.1) is 0 Å². The summed E-state index contributed by atoms with van der Waals surface area (Å²) in [6.07, 6.45) is 0.982. The summed E-state index contributed by atoms with van der Waals surface area (Å²) in [5, 5.41) is 3.43. The maximum atomic E-state index is 13.5. The molecule has 0 aliphatic heterocycles. The van der Waals surface area contributed by atoms with Crippen molar-refractivity contribution in [1.29, 1.82) is 0 Å². The van der Waals surface area contributed by atoms with Gasteiger partial charge in [-0.1, -0.05) is 41.1 Å². The number of hydrogen-bond acceptors (Lipinski definition) is 1. The van der Waals surface area contributed by atoms with E-state index in [9.17, 15) is 8.78 Å². The van der Waals surface area contributed by atoms with E-state index in [4.69, 9.17) is 0 Å². The van der Waals surface area contributed by atoms with Crippen LogP contribution in [0.5, 0.6) is 0 Å². The van der Waals surface area contributed by atoms with Crippen LogP contribution in [0.1, 0.15) is 36.1 Å². The van der Waals surface area contributed by atoms with Gasteiger partial charge in [-0.05, 0) is 54.8 Å². The highest BCUT2D eigenvalue weighted by Crippen LogP contribution is 2.30. The van der Waals surface area contributed by atoms with Crippen LogP contribution in [0, 0.1) is 18.6 Å². The van der Waals surface area contributed by atoms with Crippen LogP contribution in [0.4, 0.5) is 8.78 Å². The lowest BCUT2D eigenvalue weighted by atomic mass is 9.97. The molecule has 0 heterocycles. The normalized spacial score (nSPS) is 12.4. The minimum absolute atomic E-state index is 0.0979. The molecule has 2 rings (SSSR count). The third-order valence-corrected chi connectivity index (χ3v) is 4.07. The number of benzene rings is 2. The SMILES string of the molecule is CCCNC(c1ccc(F)c(C)c1)c1ccc(F)cc1Br. The fourth-order valence-corrected chi connectivity index (χ4v) is 2.86. The molecule has 0 aromatic heterocycles. The van der Waals surface area contributed by atoms with Crippen LogP contribution in [-0.4, -0.2) is 6.54 Å². The van der Waals surface area contributed by atoms with Crippen LogP contribution < -0.4 is 5.32 Å². The van der Waals surface area contributed by atoms with Crippen molar-refractivity contribution in [2.75, 3.05) is 6.54 Å². The van der Waals surface area contributed by atoms with Gasteiger partial charge in [0.15, 0.2) is 0 Å². The largest absolute Gasteiger partial charge is 0.306 e. The van der Waals surface area contributed by atoms with Crippen LogP contribution in [0.15, 0.2) is 40.9 Å². The number of hydrogen-bond donors (Lipinski definition) is 1. The molecule has 0 aliphatic rings. The molecule has 0 fully saturated rings. The predicted molar refractivity (Wildman–Crippen MR) is 85.4 cm³/mol. The van der Waals surface area contributed by atoms with E-state index >= 15 is 0 Å². The van der Waals surface area contributed by atoms with E-state index in [0.717, 1.165) is 24.1 Å². The van der Waals surface area contributed by atoms with Crippen LogP contribution >= 0.6 is 15.9 Å². The Morgan fingerprint density at radius 1 is 1.14 bits per heavy atom. The van der Waals surface area contributed by atoms with E-state index in [2.05, 4.69) is 28.2 Å². The first kappa shape index (κ1) is 16.1. The molecule has 0 amide bonds. The van der Waals surface area contributed by atoms with Crippen LogP contribution in [0.2, 0.25) is 0 Å². The van der Waals surface area contributed by atoms with Crippen molar-refractivity contribution >= 4 is 15.9 Å². The van der Waals surface area contributed by atoms with Gasteiger partial charge in [0.1, 0.15) is 11.6 Å². The van der Waals surface area contributed by atoms with Crippen molar-refractivity contribution in [1.82, 2.24) is 5.32 Å². The molecule has 1 atom stereocenters. The van der Waals surface area contributed by atoms with Crippen molar-refractivity contribution in [3.8, 4) is 0 Å². The molecule has 0 spiro atoms. The lowest BCUT2D eigenvalue weighted by molar-refractivity contribution is 0.584. The Bertz CT molecular complexity index is 628. The van der Waals surface area contributed by atoms with E-state index in [1.165, 1.54) is 18.2 Å². The molecule has 2 aromatic carbocycles. The average Bonchev–Trinajstić information content (AvgIpc) is 2.44. The Morgan fingerprint density at radius 3 is 2.52 bits per heavy atom. The predicted octanol–water partition coefficient (Wildman–Crippen LogP) is 5.12. The minimum atomic E-state index is -0.282. The molecular weight excluding hydrogens is 336 g/mol. The zero-order valence-corrected chi connectivity index (χ0v) is 13.7. The third-order valence-electron chi connectivity index (χ3n) is 3.39. The van der Waals surface area contributed by atoms with Gasteiger partial charge in [0.2, 0.25) is 0 Å². The second-order valence-corrected chi connectivity index (χ2v) is 5.92. The first-order valence-corrected chi connectivity index (χ1v) is 7.76. The average molecular weight is 354 g/mol. The zero-order chi connectivity index (χ0) is 15.4. The van der Waals surface area contributed by atoms with Crippen molar-refractivity contribution in [3.63, 3.8) is 0 Å². The number of halogens is 3. The summed E-state index contributed by atoms with van der Waals surface area (Å²) in [6.45, 7) is 4.65. The number of rotatable bonds is 5. The van der Waals surface area contributed by atoms with Gasteiger partial charge in [0.25, 0.3) is 0 Å². The highest BCUT2D eigenvalue weighted by molar-refractivity contribution is 9.10. The lowest BCUT2D eigenvalue weighted by Crippen LogP contribution is -2.23. The minimum Gasteiger partial charge on any atom is -0.306 e. The summed E-state index contributed by atoms with van der Waals surface area (Å²) in [5.74, 6) is -0.499. The molecule has 0 saturated carbocycles. The topological polar surface area (TPSA) is 12.0 Å². The Hall–Kier alpha value is -1.26. The highest BCUT2D eigenvalue weighted by atomic mass is 79.9. The summed E-state index contributed by atoms with van der Waals surface area (Å²) in [7, 11) is 0. The van der Waals surface area contributed by atoms with E-state index in [0.29, 0.717) is 10.0 Å². The van der Waals surface area contributed by atoms with Gasteiger partial charge in [-0.3, -0.25) is 0 Å². The van der Waals surface area contributed by atoms with Crippen LogP contribution in [0.3, 0.4) is 0 Å². The Morgan fingerprint density at radius 2 is 1.90 bits per heavy atom. The van der Waals surface area contributed by atoms with Crippen LogP contribution in [0.25, 0.3) is 0 Å². The monoisotopic (exact) mass is 353 g/mol. The zero-order valence-electron chi connectivity index (χ0n) is 12.1. The molecule has 0 bridgehead atoms. The second-order valence-electron chi connectivity index (χ2n) is 5.06. The van der Waals surface area contributed by atoms with E-state index < -0.39 is 0 Å². The van der Waals surface area contributed by atoms with Gasteiger partial charge in [0, 0.05) is 4.47 Å². The Balaban J connectivity index is 2.44. The molecule has 0 aliphatic carbocycles. The standard InChI is InChI=1S/C17H18BrF2N/c1-3-8-21-17(12-4-7-16(20)11(2)9-12)14-6-5-13(19)10-15(14)18/h4-7,9-10,17,21H,3,8H2,1-2H3. The molecule has 1 N–H and O–H groups in total. The summed E-state index contributed by atoms with van der Waals surface area (Å²) in [6, 6.07) is 9.63. The number of aryl methyl sites for hydroxylation is 1. The molecule has 4 heteroatoms. The smallest absolute Gasteiger partial charge is 0.126 e. The quantitative estimate of drug-likeness (QED) is 0.785.